The first-order chi connectivity index (χ1) is 12.0. The first-order valence-electron chi connectivity index (χ1n) is 8.28. The standard InChI is InChI=1S/C15H24Br3Cl3O4Si/c16-12-4-8-13(5-1-9-19,25-26(22,23)24)15(18,7-3-11-21)14(12,17)6-2-10-20/h4,8,12,22-24H,1-3,5-7,9-11H2. The van der Waals surface area contributed by atoms with Crippen LogP contribution in [0.1, 0.15) is 38.5 Å². The molecule has 0 spiro atoms. The second-order valence-corrected chi connectivity index (χ2v) is 12.6. The van der Waals surface area contributed by atoms with E-state index in [9.17, 15) is 14.4 Å². The van der Waals surface area contributed by atoms with Crippen LogP contribution >= 0.6 is 82.6 Å². The van der Waals surface area contributed by atoms with E-state index in [0.717, 1.165) is 6.42 Å². The van der Waals surface area contributed by atoms with Crippen LogP contribution in [0.15, 0.2) is 12.2 Å². The normalized spacial score (nSPS) is 35.0. The smallest absolute Gasteiger partial charge is 0.368 e. The largest absolute Gasteiger partial charge is 0.672 e. The molecule has 0 fully saturated rings. The van der Waals surface area contributed by atoms with Crippen molar-refractivity contribution in [1.29, 1.82) is 0 Å². The van der Waals surface area contributed by atoms with Gasteiger partial charge in [0.2, 0.25) is 0 Å². The summed E-state index contributed by atoms with van der Waals surface area (Å²) in [5.74, 6) is 1.31. The topological polar surface area (TPSA) is 69.9 Å². The SMILES string of the molecule is O[Si](O)(O)OC1(CCCCl)C=CC(Br)C(Br)(CCCCl)C1(Br)CCCCl. The molecule has 0 aromatic heterocycles. The van der Waals surface area contributed by atoms with E-state index in [0.29, 0.717) is 49.7 Å². The molecule has 0 aromatic rings. The molecule has 4 atom stereocenters. The summed E-state index contributed by atoms with van der Waals surface area (Å²) in [4.78, 5) is 29.2. The lowest BCUT2D eigenvalue weighted by Gasteiger charge is -2.58. The number of hydrogen-bond donors (Lipinski definition) is 3. The first kappa shape index (κ1) is 26.1. The van der Waals surface area contributed by atoms with Gasteiger partial charge in [0.25, 0.3) is 0 Å². The zero-order valence-electron chi connectivity index (χ0n) is 14.1. The summed E-state index contributed by atoms with van der Waals surface area (Å²) >= 11 is 29.3. The van der Waals surface area contributed by atoms with Crippen LogP contribution in [0.25, 0.3) is 0 Å². The molecule has 4 unspecified atom stereocenters. The highest BCUT2D eigenvalue weighted by Gasteiger charge is 2.65. The van der Waals surface area contributed by atoms with E-state index < -0.39 is 23.3 Å². The fourth-order valence-electron chi connectivity index (χ4n) is 3.51. The molecule has 0 bridgehead atoms. The van der Waals surface area contributed by atoms with Crippen molar-refractivity contribution < 1.29 is 18.8 Å². The van der Waals surface area contributed by atoms with Crippen molar-refractivity contribution in [3.63, 3.8) is 0 Å². The summed E-state index contributed by atoms with van der Waals surface area (Å²) in [6, 6.07) is 0. The molecule has 0 amide bonds. The van der Waals surface area contributed by atoms with Gasteiger partial charge in [-0.2, -0.15) is 0 Å². The molecule has 26 heavy (non-hydrogen) atoms. The van der Waals surface area contributed by atoms with Gasteiger partial charge in [-0.3, -0.25) is 0 Å². The maximum atomic E-state index is 9.77. The molecule has 154 valence electrons. The fourth-order valence-corrected chi connectivity index (χ4v) is 8.07. The molecule has 1 rings (SSSR count). The Morgan fingerprint density at radius 2 is 1.42 bits per heavy atom. The maximum Gasteiger partial charge on any atom is 0.672 e. The minimum absolute atomic E-state index is 0.0761. The Kier molecular flexibility index (Phi) is 11.0. The van der Waals surface area contributed by atoms with Crippen LogP contribution < -0.4 is 0 Å². The lowest BCUT2D eigenvalue weighted by atomic mass is 9.67. The van der Waals surface area contributed by atoms with Gasteiger partial charge in [0.1, 0.15) is 0 Å². The van der Waals surface area contributed by atoms with Crippen molar-refractivity contribution in [2.24, 2.45) is 0 Å². The summed E-state index contributed by atoms with van der Waals surface area (Å²) in [7, 11) is -4.83. The Hall–Kier alpha value is 2.11. The predicted octanol–water partition coefficient (Wildman–Crippen LogP) is 4.81. The van der Waals surface area contributed by atoms with Crippen LogP contribution in [0.3, 0.4) is 0 Å². The monoisotopic (exact) mass is 638 g/mol. The van der Waals surface area contributed by atoms with E-state index in [1.165, 1.54) is 0 Å². The molecule has 0 saturated carbocycles. The van der Waals surface area contributed by atoms with Crippen molar-refractivity contribution in [2.75, 3.05) is 17.6 Å². The molecule has 11 heteroatoms. The quantitative estimate of drug-likeness (QED) is 0.172. The van der Waals surface area contributed by atoms with E-state index in [1.807, 2.05) is 6.08 Å². The number of allylic oxidation sites excluding steroid dienone is 1. The van der Waals surface area contributed by atoms with Gasteiger partial charge in [-0.15, -0.1) is 34.8 Å². The third kappa shape index (κ3) is 5.83. The molecule has 0 radical (unpaired) electrons. The van der Waals surface area contributed by atoms with Crippen molar-refractivity contribution in [1.82, 2.24) is 0 Å². The third-order valence-corrected chi connectivity index (χ3v) is 11.6. The Bertz CT molecular complexity index is 486. The number of rotatable bonds is 11. The molecular formula is C15H24Br3Cl3O4Si. The van der Waals surface area contributed by atoms with Crippen molar-refractivity contribution in [3.8, 4) is 0 Å². The highest BCUT2D eigenvalue weighted by Crippen LogP contribution is 2.60. The maximum absolute atomic E-state index is 9.77. The van der Waals surface area contributed by atoms with E-state index in [2.05, 4.69) is 47.8 Å². The molecule has 0 aromatic carbocycles. The average molecular weight is 643 g/mol. The predicted molar refractivity (Wildman–Crippen MR) is 121 cm³/mol. The van der Waals surface area contributed by atoms with Gasteiger partial charge in [-0.1, -0.05) is 59.9 Å². The van der Waals surface area contributed by atoms with Gasteiger partial charge >= 0.3 is 9.05 Å². The second-order valence-electron chi connectivity index (χ2n) is 6.37. The zero-order chi connectivity index (χ0) is 20.1. The van der Waals surface area contributed by atoms with Crippen LogP contribution in [0.2, 0.25) is 0 Å². The molecule has 3 N–H and O–H groups in total. The van der Waals surface area contributed by atoms with Crippen LogP contribution in [0, 0.1) is 0 Å². The van der Waals surface area contributed by atoms with Crippen LogP contribution in [-0.2, 0) is 4.43 Å². The summed E-state index contributed by atoms with van der Waals surface area (Å²) in [5, 5.41) is 0. The van der Waals surface area contributed by atoms with Crippen molar-refractivity contribution >= 4 is 91.6 Å². The highest BCUT2D eigenvalue weighted by atomic mass is 79.9. The van der Waals surface area contributed by atoms with Crippen LogP contribution in [-0.4, -0.2) is 60.2 Å². The van der Waals surface area contributed by atoms with E-state index in [4.69, 9.17) is 39.2 Å². The van der Waals surface area contributed by atoms with Crippen molar-refractivity contribution in [2.45, 2.75) is 57.6 Å². The molecule has 0 saturated heterocycles. The molecule has 0 aliphatic heterocycles. The molecule has 0 heterocycles. The fraction of sp³-hybridized carbons (Fsp3) is 0.867. The molecule has 4 nitrogen and oxygen atoms in total. The van der Waals surface area contributed by atoms with E-state index in [-0.39, 0.29) is 4.83 Å². The average Bonchev–Trinajstić information content (AvgIpc) is 2.57. The van der Waals surface area contributed by atoms with Gasteiger partial charge in [0.15, 0.2) is 0 Å². The van der Waals surface area contributed by atoms with E-state index in [1.54, 1.807) is 6.08 Å². The summed E-state index contributed by atoms with van der Waals surface area (Å²) in [6.07, 6.45) is 7.31. The summed E-state index contributed by atoms with van der Waals surface area (Å²) in [5.41, 5.74) is -1.18. The van der Waals surface area contributed by atoms with E-state index >= 15 is 0 Å². The van der Waals surface area contributed by atoms with Gasteiger partial charge in [-0.05, 0) is 38.5 Å². The Morgan fingerprint density at radius 1 is 0.923 bits per heavy atom. The highest BCUT2D eigenvalue weighted by molar-refractivity contribution is 9.14. The third-order valence-electron chi connectivity index (χ3n) is 4.63. The molecule has 1 aliphatic carbocycles. The Labute approximate surface area is 196 Å². The van der Waals surface area contributed by atoms with Gasteiger partial charge in [-0.25, -0.2) is 0 Å². The number of alkyl halides is 6. The van der Waals surface area contributed by atoms with Gasteiger partial charge in [0, 0.05) is 22.5 Å². The molecule has 1 aliphatic rings. The first-order valence-corrected chi connectivity index (χ1v) is 14.1. The minimum Gasteiger partial charge on any atom is -0.368 e. The second kappa shape index (κ2) is 10.9. The summed E-state index contributed by atoms with van der Waals surface area (Å²) in [6.45, 7) is 0. The Balaban J connectivity index is 3.52. The lowest BCUT2D eigenvalue weighted by Crippen LogP contribution is -2.69. The zero-order valence-corrected chi connectivity index (χ0v) is 22.1. The minimum atomic E-state index is -4.83. The van der Waals surface area contributed by atoms with Gasteiger partial charge in [0.05, 0.1) is 14.2 Å². The van der Waals surface area contributed by atoms with Gasteiger partial charge < -0.3 is 18.8 Å². The summed E-state index contributed by atoms with van der Waals surface area (Å²) < 4.78 is 4.23. The van der Waals surface area contributed by atoms with Crippen LogP contribution in [0.5, 0.6) is 0 Å². The van der Waals surface area contributed by atoms with Crippen LogP contribution in [0.4, 0.5) is 0 Å². The number of hydrogen-bond acceptors (Lipinski definition) is 4. The lowest BCUT2D eigenvalue weighted by molar-refractivity contribution is -0.0521. The number of halogens is 6. The Morgan fingerprint density at radius 3 is 1.92 bits per heavy atom. The molecular weight excluding hydrogens is 618 g/mol. The van der Waals surface area contributed by atoms with Crippen molar-refractivity contribution in [3.05, 3.63) is 12.2 Å².